The summed E-state index contributed by atoms with van der Waals surface area (Å²) in [6, 6.07) is 1.90. The number of hydrogen-bond acceptors (Lipinski definition) is 4. The van der Waals surface area contributed by atoms with E-state index in [0.717, 1.165) is 68.2 Å². The predicted molar refractivity (Wildman–Crippen MR) is 117 cm³/mol. The molecule has 0 atom stereocenters. The summed E-state index contributed by atoms with van der Waals surface area (Å²) >= 11 is 6.13. The van der Waals surface area contributed by atoms with Gasteiger partial charge in [-0.15, -0.1) is 0 Å². The van der Waals surface area contributed by atoms with E-state index in [1.807, 2.05) is 19.1 Å². The summed E-state index contributed by atoms with van der Waals surface area (Å²) in [7, 11) is 0. The van der Waals surface area contributed by atoms with Gasteiger partial charge in [-0.1, -0.05) is 38.5 Å². The molecular weight excluding hydrogens is 375 g/mol. The summed E-state index contributed by atoms with van der Waals surface area (Å²) in [5.74, 6) is 1.49. The van der Waals surface area contributed by atoms with E-state index < -0.39 is 6.04 Å². The Morgan fingerprint density at radius 3 is 2.15 bits per heavy atom. The second kappa shape index (κ2) is 9.09. The van der Waals surface area contributed by atoms with Gasteiger partial charge in [-0.2, -0.15) is 0 Å². The van der Waals surface area contributed by atoms with Gasteiger partial charge in [0.1, 0.15) is 11.5 Å². The minimum Gasteiger partial charge on any atom is -0.493 e. The summed E-state index contributed by atoms with van der Waals surface area (Å²) in [6.07, 6.45) is 8.77. The quantitative estimate of drug-likeness (QED) is 0.336. The molecule has 0 N–H and O–H groups in total. The Balaban J connectivity index is 1.92. The van der Waals surface area contributed by atoms with Crippen LogP contribution in [0.2, 0.25) is 0 Å². The highest BCUT2D eigenvalue weighted by Gasteiger charge is 2.52. The Hall–Kier alpha value is -0.860. The van der Waals surface area contributed by atoms with Crippen molar-refractivity contribution in [1.82, 2.24) is 0 Å². The number of aryl methyl sites for hydroxylation is 1. The SMILES string of the molecule is CCCCOc1cc(C)c(C(=O)P2(=S)C3CCC2CC3)c(OCCCC)c1. The van der Waals surface area contributed by atoms with Crippen LogP contribution in [0.5, 0.6) is 11.5 Å². The molecule has 0 saturated carbocycles. The van der Waals surface area contributed by atoms with Crippen LogP contribution in [0.3, 0.4) is 0 Å². The largest absolute Gasteiger partial charge is 0.493 e. The molecule has 2 fully saturated rings. The molecule has 2 heterocycles. The molecule has 5 heteroatoms. The van der Waals surface area contributed by atoms with E-state index in [9.17, 15) is 4.79 Å². The maximum Gasteiger partial charge on any atom is 0.198 e. The lowest BCUT2D eigenvalue weighted by Crippen LogP contribution is -2.13. The fourth-order valence-corrected chi connectivity index (χ4v) is 10.0. The van der Waals surface area contributed by atoms with E-state index >= 15 is 0 Å². The molecule has 3 rings (SSSR count). The molecule has 3 nitrogen and oxygen atoms in total. The van der Waals surface area contributed by atoms with Crippen LogP contribution in [0.25, 0.3) is 0 Å². The van der Waals surface area contributed by atoms with Crippen molar-refractivity contribution in [2.75, 3.05) is 13.2 Å². The molecule has 150 valence electrons. The second-order valence-corrected chi connectivity index (χ2v) is 13.1. The van der Waals surface area contributed by atoms with Gasteiger partial charge in [-0.05, 0) is 68.4 Å². The highest BCUT2D eigenvalue weighted by molar-refractivity contribution is 8.23. The molecule has 0 aromatic heterocycles. The van der Waals surface area contributed by atoms with E-state index in [2.05, 4.69) is 13.8 Å². The Morgan fingerprint density at radius 2 is 1.59 bits per heavy atom. The zero-order valence-electron chi connectivity index (χ0n) is 17.0. The summed E-state index contributed by atoms with van der Waals surface area (Å²) in [6.45, 7) is 7.62. The van der Waals surface area contributed by atoms with Gasteiger partial charge in [-0.25, -0.2) is 0 Å². The molecule has 2 aliphatic heterocycles. The highest BCUT2D eigenvalue weighted by Crippen LogP contribution is 2.72. The number of carbonyl (C=O) groups excluding carboxylic acids is 1. The number of carbonyl (C=O) groups is 1. The molecule has 2 bridgehead atoms. The van der Waals surface area contributed by atoms with Crippen LogP contribution >= 0.6 is 6.04 Å². The summed E-state index contributed by atoms with van der Waals surface area (Å²) in [5.41, 5.74) is 2.86. The van der Waals surface area contributed by atoms with Crippen molar-refractivity contribution < 1.29 is 14.3 Å². The molecule has 0 radical (unpaired) electrons. The van der Waals surface area contributed by atoms with Gasteiger partial charge in [0.05, 0.1) is 18.8 Å². The summed E-state index contributed by atoms with van der Waals surface area (Å²) in [5, 5.41) is 0. The Labute approximate surface area is 169 Å². The van der Waals surface area contributed by atoms with Crippen molar-refractivity contribution >= 4 is 23.4 Å². The third kappa shape index (κ3) is 4.12. The Morgan fingerprint density at radius 1 is 1.04 bits per heavy atom. The summed E-state index contributed by atoms with van der Waals surface area (Å²) in [4.78, 5) is 13.7. The van der Waals surface area contributed by atoms with E-state index in [1.165, 1.54) is 0 Å². The Bertz CT molecular complexity index is 707. The number of fused-ring (bicyclic) bond motifs is 2. The van der Waals surface area contributed by atoms with Gasteiger partial charge >= 0.3 is 0 Å². The molecule has 2 saturated heterocycles. The van der Waals surface area contributed by atoms with Crippen molar-refractivity contribution in [3.63, 3.8) is 0 Å². The molecule has 0 unspecified atom stereocenters. The minimum absolute atomic E-state index is 0.228. The Kier molecular flexibility index (Phi) is 7.03. The molecular formula is C22H33O3PS. The van der Waals surface area contributed by atoms with Gasteiger partial charge < -0.3 is 9.47 Å². The highest BCUT2D eigenvalue weighted by atomic mass is 32.4. The van der Waals surface area contributed by atoms with Gasteiger partial charge in [-0.3, -0.25) is 4.79 Å². The normalized spacial score (nSPS) is 26.3. The van der Waals surface area contributed by atoms with E-state index in [0.29, 0.717) is 30.3 Å². The maximum atomic E-state index is 13.7. The monoisotopic (exact) mass is 408 g/mol. The first-order chi connectivity index (χ1) is 13.0. The third-order valence-corrected chi connectivity index (χ3v) is 12.4. The average Bonchev–Trinajstić information content (AvgIpc) is 3.15. The zero-order valence-corrected chi connectivity index (χ0v) is 18.7. The van der Waals surface area contributed by atoms with Gasteiger partial charge in [0.2, 0.25) is 0 Å². The van der Waals surface area contributed by atoms with Crippen LogP contribution in [-0.4, -0.2) is 30.1 Å². The van der Waals surface area contributed by atoms with Gasteiger partial charge in [0.15, 0.2) is 5.52 Å². The van der Waals surface area contributed by atoms with Gasteiger partial charge in [0, 0.05) is 12.1 Å². The van der Waals surface area contributed by atoms with E-state index in [1.54, 1.807) is 0 Å². The smallest absolute Gasteiger partial charge is 0.198 e. The average molecular weight is 409 g/mol. The van der Waals surface area contributed by atoms with Crippen LogP contribution in [0.4, 0.5) is 0 Å². The molecule has 0 spiro atoms. The lowest BCUT2D eigenvalue weighted by molar-refractivity contribution is 0.107. The first-order valence-corrected chi connectivity index (χ1v) is 13.5. The first-order valence-electron chi connectivity index (χ1n) is 10.6. The van der Waals surface area contributed by atoms with E-state index in [4.69, 9.17) is 21.3 Å². The predicted octanol–water partition coefficient (Wildman–Crippen LogP) is 6.30. The number of rotatable bonds is 10. The molecule has 1 aromatic rings. The van der Waals surface area contributed by atoms with Crippen LogP contribution in [0.1, 0.15) is 81.1 Å². The molecule has 0 amide bonds. The van der Waals surface area contributed by atoms with Crippen molar-refractivity contribution in [2.24, 2.45) is 0 Å². The fourth-order valence-electron chi connectivity index (χ4n) is 4.48. The van der Waals surface area contributed by atoms with Crippen molar-refractivity contribution in [3.05, 3.63) is 23.3 Å². The zero-order chi connectivity index (χ0) is 19.4. The maximum absolute atomic E-state index is 13.7. The number of benzene rings is 1. The molecule has 1 aromatic carbocycles. The fraction of sp³-hybridized carbons (Fsp3) is 0.682. The van der Waals surface area contributed by atoms with Crippen LogP contribution in [-0.2, 0) is 11.8 Å². The number of ether oxygens (including phenoxy) is 2. The number of hydrogen-bond donors (Lipinski definition) is 0. The van der Waals surface area contributed by atoms with Crippen LogP contribution in [0, 0.1) is 6.92 Å². The van der Waals surface area contributed by atoms with Crippen LogP contribution < -0.4 is 9.47 Å². The molecule has 27 heavy (non-hydrogen) atoms. The minimum atomic E-state index is -2.01. The second-order valence-electron chi connectivity index (χ2n) is 7.99. The van der Waals surface area contributed by atoms with Crippen LogP contribution in [0.15, 0.2) is 12.1 Å². The third-order valence-electron chi connectivity index (χ3n) is 6.08. The van der Waals surface area contributed by atoms with E-state index in [-0.39, 0.29) is 5.52 Å². The molecule has 2 aliphatic rings. The van der Waals surface area contributed by atoms with Gasteiger partial charge in [0.25, 0.3) is 0 Å². The standard InChI is InChI=1S/C22H33O3PS/c1-4-6-12-24-17-14-16(3)21(20(15-17)25-13-7-5-2)22(23)26(27)18-8-9-19(26)11-10-18/h14-15,18-19H,4-13H2,1-3H3. The topological polar surface area (TPSA) is 35.5 Å². The summed E-state index contributed by atoms with van der Waals surface area (Å²) < 4.78 is 12.0. The molecule has 0 aliphatic carbocycles. The lowest BCUT2D eigenvalue weighted by atomic mass is 10.0. The van der Waals surface area contributed by atoms with Crippen molar-refractivity contribution in [1.29, 1.82) is 0 Å². The first kappa shape index (κ1) is 20.9. The van der Waals surface area contributed by atoms with Crippen molar-refractivity contribution in [3.8, 4) is 11.5 Å². The number of unbranched alkanes of at least 4 members (excludes halogenated alkanes) is 2. The lowest BCUT2D eigenvalue weighted by Gasteiger charge is -2.23. The van der Waals surface area contributed by atoms with Crippen molar-refractivity contribution in [2.45, 2.75) is 83.5 Å².